The van der Waals surface area contributed by atoms with E-state index >= 15 is 0 Å². The molecule has 2 aromatic carbocycles. The Balaban J connectivity index is 1.53. The van der Waals surface area contributed by atoms with Crippen LogP contribution in [0.15, 0.2) is 42.5 Å². The molecule has 1 fully saturated rings. The van der Waals surface area contributed by atoms with Crippen molar-refractivity contribution in [2.24, 2.45) is 0 Å². The molecule has 0 bridgehead atoms. The van der Waals surface area contributed by atoms with Crippen molar-refractivity contribution in [3.05, 3.63) is 70.5 Å². The van der Waals surface area contributed by atoms with Crippen molar-refractivity contribution >= 4 is 22.6 Å². The summed E-state index contributed by atoms with van der Waals surface area (Å²) in [7, 11) is 0. The second-order valence-electron chi connectivity index (χ2n) is 7.92. The monoisotopic (exact) mass is 391 g/mol. The van der Waals surface area contributed by atoms with Crippen LogP contribution in [0.2, 0.25) is 0 Å². The van der Waals surface area contributed by atoms with Gasteiger partial charge in [0.05, 0.1) is 11.6 Å². The van der Waals surface area contributed by atoms with E-state index in [1.807, 2.05) is 38.1 Å². The van der Waals surface area contributed by atoms with Gasteiger partial charge in [0.15, 0.2) is 0 Å². The zero-order valence-corrected chi connectivity index (χ0v) is 17.1. The number of aryl methyl sites for hydroxylation is 2. The van der Waals surface area contributed by atoms with E-state index in [4.69, 9.17) is 4.98 Å². The Morgan fingerprint density at radius 2 is 1.79 bits per heavy atom. The number of nitrogens with zero attached hydrogens (tertiary/aromatic N) is 2. The number of hydrogen-bond acceptors (Lipinski definition) is 3. The summed E-state index contributed by atoms with van der Waals surface area (Å²) in [5, 5.41) is 3.84. The van der Waals surface area contributed by atoms with Gasteiger partial charge in [0.1, 0.15) is 11.6 Å². The maximum Gasteiger partial charge on any atom is 0.251 e. The second-order valence-corrected chi connectivity index (χ2v) is 7.92. The first-order valence-corrected chi connectivity index (χ1v) is 10.2. The highest BCUT2D eigenvalue weighted by molar-refractivity contribution is 5.98. The number of nitrogens with one attached hydrogen (secondary N) is 1. The first-order chi connectivity index (χ1) is 13.9. The molecule has 29 heavy (non-hydrogen) atoms. The van der Waals surface area contributed by atoms with Crippen LogP contribution in [0.5, 0.6) is 0 Å². The van der Waals surface area contributed by atoms with E-state index < -0.39 is 6.04 Å². The van der Waals surface area contributed by atoms with E-state index in [2.05, 4.69) is 10.2 Å². The van der Waals surface area contributed by atoms with E-state index in [-0.39, 0.29) is 11.7 Å². The Hall–Kier alpha value is -2.95. The van der Waals surface area contributed by atoms with Gasteiger partial charge >= 0.3 is 0 Å². The minimum absolute atomic E-state index is 0.222. The Kier molecular flexibility index (Phi) is 5.22. The Morgan fingerprint density at radius 1 is 1.07 bits per heavy atom. The lowest BCUT2D eigenvalue weighted by atomic mass is 10.0. The molecule has 0 saturated carbocycles. The molecule has 0 unspecified atom stereocenters. The first-order valence-electron chi connectivity index (χ1n) is 10.2. The lowest BCUT2D eigenvalue weighted by molar-refractivity contribution is 0.0939. The Bertz CT molecular complexity index is 1070. The van der Waals surface area contributed by atoms with Gasteiger partial charge in [-0.25, -0.2) is 9.37 Å². The maximum atomic E-state index is 14.3. The quantitative estimate of drug-likeness (QED) is 0.674. The van der Waals surface area contributed by atoms with Gasteiger partial charge < -0.3 is 10.2 Å². The fraction of sp³-hybridized carbons (Fsp3) is 0.333. The Labute approximate surface area is 170 Å². The van der Waals surface area contributed by atoms with Crippen molar-refractivity contribution in [2.45, 2.75) is 39.7 Å². The van der Waals surface area contributed by atoms with Crippen LogP contribution >= 0.6 is 0 Å². The van der Waals surface area contributed by atoms with Gasteiger partial charge in [0.2, 0.25) is 0 Å². The molecule has 1 aliphatic heterocycles. The average molecular weight is 391 g/mol. The van der Waals surface area contributed by atoms with Gasteiger partial charge in [-0.3, -0.25) is 4.79 Å². The maximum absolute atomic E-state index is 14.3. The van der Waals surface area contributed by atoms with Crippen LogP contribution in [0.3, 0.4) is 0 Å². The molecule has 0 aliphatic carbocycles. The van der Waals surface area contributed by atoms with Crippen molar-refractivity contribution in [1.29, 1.82) is 0 Å². The van der Waals surface area contributed by atoms with Gasteiger partial charge in [0.25, 0.3) is 5.91 Å². The topological polar surface area (TPSA) is 45.2 Å². The third-order valence-corrected chi connectivity index (χ3v) is 5.79. The lowest BCUT2D eigenvalue weighted by Crippen LogP contribution is -2.27. The third-order valence-electron chi connectivity index (χ3n) is 5.79. The van der Waals surface area contributed by atoms with E-state index in [0.29, 0.717) is 11.1 Å². The molecule has 1 aliphatic rings. The van der Waals surface area contributed by atoms with E-state index in [1.165, 1.54) is 18.9 Å². The van der Waals surface area contributed by atoms with Crippen LogP contribution in [-0.2, 0) is 0 Å². The van der Waals surface area contributed by atoms with Gasteiger partial charge in [-0.15, -0.1) is 0 Å². The summed E-state index contributed by atoms with van der Waals surface area (Å²) in [6, 6.07) is 12.4. The van der Waals surface area contributed by atoms with Gasteiger partial charge in [0, 0.05) is 29.6 Å². The zero-order chi connectivity index (χ0) is 20.5. The number of fused-ring (bicyclic) bond motifs is 1. The highest BCUT2D eigenvalue weighted by Gasteiger charge is 2.17. The molecule has 1 N–H and O–H groups in total. The number of anilines is 1. The van der Waals surface area contributed by atoms with Crippen molar-refractivity contribution in [2.75, 3.05) is 18.0 Å². The van der Waals surface area contributed by atoms with E-state index in [9.17, 15) is 9.18 Å². The largest absolute Gasteiger partial charge is 0.357 e. The number of amides is 1. The second kappa shape index (κ2) is 7.82. The minimum Gasteiger partial charge on any atom is -0.357 e. The number of aromatic nitrogens is 1. The average Bonchev–Trinajstić information content (AvgIpc) is 3.24. The number of rotatable bonds is 4. The summed E-state index contributed by atoms with van der Waals surface area (Å²) in [5.41, 5.74) is 3.83. The molecule has 1 amide bonds. The highest BCUT2D eigenvalue weighted by Crippen LogP contribution is 2.24. The molecule has 4 rings (SSSR count). The molecule has 1 atom stereocenters. The molecule has 2 heterocycles. The summed E-state index contributed by atoms with van der Waals surface area (Å²) < 4.78 is 14.3. The summed E-state index contributed by atoms with van der Waals surface area (Å²) in [6.45, 7) is 7.72. The van der Waals surface area contributed by atoms with Crippen molar-refractivity contribution in [3.8, 4) is 0 Å². The summed E-state index contributed by atoms with van der Waals surface area (Å²) >= 11 is 0. The summed E-state index contributed by atoms with van der Waals surface area (Å²) in [4.78, 5) is 19.8. The molecular weight excluding hydrogens is 365 g/mol. The van der Waals surface area contributed by atoms with Crippen LogP contribution in [0.25, 0.3) is 10.9 Å². The molecule has 1 saturated heterocycles. The highest BCUT2D eigenvalue weighted by atomic mass is 19.1. The number of carbonyl (C=O) groups is 1. The number of hydrogen-bond donors (Lipinski definition) is 1. The number of pyridine rings is 1. The molecular formula is C24H26FN3O. The lowest BCUT2D eigenvalue weighted by Gasteiger charge is -2.18. The van der Waals surface area contributed by atoms with Gasteiger partial charge in [-0.1, -0.05) is 6.07 Å². The van der Waals surface area contributed by atoms with E-state index in [0.717, 1.165) is 40.9 Å². The fourth-order valence-electron chi connectivity index (χ4n) is 3.87. The van der Waals surface area contributed by atoms with Crippen LogP contribution in [0.4, 0.5) is 10.2 Å². The summed E-state index contributed by atoms with van der Waals surface area (Å²) in [6.07, 6.45) is 2.41. The molecule has 0 radical (unpaired) electrons. The molecule has 4 nitrogen and oxygen atoms in total. The molecule has 1 aromatic heterocycles. The minimum atomic E-state index is -0.423. The van der Waals surface area contributed by atoms with E-state index in [1.54, 1.807) is 19.1 Å². The van der Waals surface area contributed by atoms with Crippen LogP contribution in [0.1, 0.15) is 52.9 Å². The fourth-order valence-corrected chi connectivity index (χ4v) is 3.87. The SMILES string of the molecule is Cc1cc(F)c([C@@H](C)NC(=O)c2ccc3nc(N4CCCC4)ccc3c2)cc1C. The molecule has 5 heteroatoms. The first kappa shape index (κ1) is 19.4. The summed E-state index contributed by atoms with van der Waals surface area (Å²) in [5.74, 6) is 0.477. The van der Waals surface area contributed by atoms with Gasteiger partial charge in [-0.05, 0) is 81.1 Å². The van der Waals surface area contributed by atoms with Crippen LogP contribution < -0.4 is 10.2 Å². The standard InChI is InChI=1S/C24H26FN3O/c1-15-12-20(21(25)13-16(15)2)17(3)26-24(29)19-6-8-22-18(14-19)7-9-23(27-22)28-10-4-5-11-28/h6-9,12-14,17H,4-5,10-11H2,1-3H3,(H,26,29)/t17-/m1/s1. The van der Waals surface area contributed by atoms with Crippen molar-refractivity contribution in [1.82, 2.24) is 10.3 Å². The number of benzene rings is 2. The smallest absolute Gasteiger partial charge is 0.251 e. The normalized spacial score (nSPS) is 15.0. The van der Waals surface area contributed by atoms with Crippen LogP contribution in [-0.4, -0.2) is 24.0 Å². The number of halogens is 1. The third kappa shape index (κ3) is 3.95. The number of carbonyl (C=O) groups excluding carboxylic acids is 1. The van der Waals surface area contributed by atoms with Crippen molar-refractivity contribution in [3.63, 3.8) is 0 Å². The zero-order valence-electron chi connectivity index (χ0n) is 17.1. The predicted octanol–water partition coefficient (Wildman–Crippen LogP) is 5.08. The van der Waals surface area contributed by atoms with Crippen LogP contribution in [0, 0.1) is 19.7 Å². The van der Waals surface area contributed by atoms with Crippen molar-refractivity contribution < 1.29 is 9.18 Å². The van der Waals surface area contributed by atoms with Gasteiger partial charge in [-0.2, -0.15) is 0 Å². The molecule has 0 spiro atoms. The predicted molar refractivity (Wildman–Crippen MR) is 115 cm³/mol. The molecule has 3 aromatic rings. The molecule has 150 valence electrons. The Morgan fingerprint density at radius 3 is 2.55 bits per heavy atom.